The summed E-state index contributed by atoms with van der Waals surface area (Å²) in [6, 6.07) is 1.69. The van der Waals surface area contributed by atoms with Crippen LogP contribution in [-0.4, -0.2) is 4.98 Å². The number of nitrogens with two attached hydrogens (primary N) is 3. The molecule has 0 aliphatic rings. The Labute approximate surface area is 78.3 Å². The van der Waals surface area contributed by atoms with Crippen molar-refractivity contribution in [2.24, 2.45) is 5.84 Å². The van der Waals surface area contributed by atoms with E-state index in [1.165, 1.54) is 0 Å². The Morgan fingerprint density at radius 1 is 1.31 bits per heavy atom. The van der Waals surface area contributed by atoms with Crippen LogP contribution in [0.2, 0.25) is 0 Å². The van der Waals surface area contributed by atoms with E-state index in [0.717, 1.165) is 5.56 Å². The molecule has 0 aliphatic heterocycles. The second kappa shape index (κ2) is 5.21. The van der Waals surface area contributed by atoms with Gasteiger partial charge in [0.1, 0.15) is 5.82 Å². The molecule has 1 aromatic rings. The number of hydrazine groups is 1. The van der Waals surface area contributed by atoms with Crippen LogP contribution in [0.15, 0.2) is 6.07 Å². The Hall–Kier alpha value is -1.49. The lowest BCUT2D eigenvalue weighted by Gasteiger charge is -2.06. The summed E-state index contributed by atoms with van der Waals surface area (Å²) in [6.07, 6.45) is 0. The molecule has 1 heterocycles. The molecule has 0 bridgehead atoms. The van der Waals surface area contributed by atoms with Crippen LogP contribution in [0.4, 0.5) is 17.3 Å². The van der Waals surface area contributed by atoms with Crippen LogP contribution >= 0.6 is 0 Å². The third-order valence-corrected chi connectivity index (χ3v) is 1.42. The zero-order valence-electron chi connectivity index (χ0n) is 8.26. The van der Waals surface area contributed by atoms with E-state index in [0.29, 0.717) is 17.3 Å². The summed E-state index contributed by atoms with van der Waals surface area (Å²) in [4.78, 5) is 3.87. The van der Waals surface area contributed by atoms with Gasteiger partial charge in [-0.3, -0.25) is 0 Å². The van der Waals surface area contributed by atoms with Crippen molar-refractivity contribution in [1.29, 1.82) is 0 Å². The summed E-state index contributed by atoms with van der Waals surface area (Å²) >= 11 is 0. The fourth-order valence-corrected chi connectivity index (χ4v) is 0.818. The van der Waals surface area contributed by atoms with E-state index in [4.69, 9.17) is 17.3 Å². The maximum absolute atomic E-state index is 5.60. The molecule has 5 heteroatoms. The van der Waals surface area contributed by atoms with Gasteiger partial charge in [-0.15, -0.1) is 0 Å². The number of aryl methyl sites for hydroxylation is 1. The molecule has 0 aliphatic carbocycles. The van der Waals surface area contributed by atoms with Crippen molar-refractivity contribution in [2.75, 3.05) is 16.9 Å². The first-order chi connectivity index (χ1) is 6.15. The number of nitrogen functional groups attached to an aromatic ring is 3. The van der Waals surface area contributed by atoms with E-state index in [2.05, 4.69) is 10.4 Å². The molecule has 0 saturated carbocycles. The van der Waals surface area contributed by atoms with Crippen LogP contribution < -0.4 is 22.7 Å². The van der Waals surface area contributed by atoms with Crippen molar-refractivity contribution in [3.63, 3.8) is 0 Å². The summed E-state index contributed by atoms with van der Waals surface area (Å²) in [6.45, 7) is 5.84. The summed E-state index contributed by atoms with van der Waals surface area (Å²) < 4.78 is 0. The first-order valence-corrected chi connectivity index (χ1v) is 4.14. The number of hydrogen-bond acceptors (Lipinski definition) is 5. The quantitative estimate of drug-likeness (QED) is 0.382. The fourth-order valence-electron chi connectivity index (χ4n) is 0.818. The Morgan fingerprint density at radius 3 is 2.31 bits per heavy atom. The lowest BCUT2D eigenvalue weighted by atomic mass is 10.2. The molecule has 0 radical (unpaired) electrons. The second-order valence-electron chi connectivity index (χ2n) is 2.27. The molecular weight excluding hydrogens is 166 g/mol. The average Bonchev–Trinajstić information content (AvgIpc) is 2.14. The summed E-state index contributed by atoms with van der Waals surface area (Å²) in [5.74, 6) is 5.97. The van der Waals surface area contributed by atoms with Crippen LogP contribution in [0.1, 0.15) is 19.4 Å². The van der Waals surface area contributed by atoms with Crippen molar-refractivity contribution in [2.45, 2.75) is 20.8 Å². The SMILES string of the molecule is CC.Cc1cc(N)nc(NN)c1N. The normalized spacial score (nSPS) is 8.62. The van der Waals surface area contributed by atoms with Gasteiger partial charge in [-0.05, 0) is 18.6 Å². The largest absolute Gasteiger partial charge is 0.395 e. The minimum Gasteiger partial charge on any atom is -0.395 e. The fraction of sp³-hybridized carbons (Fsp3) is 0.375. The van der Waals surface area contributed by atoms with Crippen molar-refractivity contribution in [3.05, 3.63) is 11.6 Å². The van der Waals surface area contributed by atoms with Crippen LogP contribution in [-0.2, 0) is 0 Å². The van der Waals surface area contributed by atoms with Crippen LogP contribution in [0.3, 0.4) is 0 Å². The summed E-state index contributed by atoms with van der Waals surface area (Å²) in [5.41, 5.74) is 14.8. The summed E-state index contributed by atoms with van der Waals surface area (Å²) in [7, 11) is 0. The molecule has 0 saturated heterocycles. The highest BCUT2D eigenvalue weighted by Crippen LogP contribution is 2.20. The molecule has 7 N–H and O–H groups in total. The predicted octanol–water partition coefficient (Wildman–Crippen LogP) is 0.866. The molecule has 0 spiro atoms. The molecule has 13 heavy (non-hydrogen) atoms. The van der Waals surface area contributed by atoms with Crippen molar-refractivity contribution in [1.82, 2.24) is 4.98 Å². The van der Waals surface area contributed by atoms with E-state index in [-0.39, 0.29) is 0 Å². The van der Waals surface area contributed by atoms with E-state index >= 15 is 0 Å². The Morgan fingerprint density at radius 2 is 1.85 bits per heavy atom. The third kappa shape index (κ3) is 2.79. The van der Waals surface area contributed by atoms with Gasteiger partial charge in [-0.25, -0.2) is 10.8 Å². The smallest absolute Gasteiger partial charge is 0.165 e. The van der Waals surface area contributed by atoms with Crippen LogP contribution in [0, 0.1) is 6.92 Å². The monoisotopic (exact) mass is 183 g/mol. The van der Waals surface area contributed by atoms with E-state index in [1.807, 2.05) is 20.8 Å². The number of rotatable bonds is 1. The molecule has 0 fully saturated rings. The van der Waals surface area contributed by atoms with Crippen LogP contribution in [0.5, 0.6) is 0 Å². The number of aromatic nitrogens is 1. The second-order valence-corrected chi connectivity index (χ2v) is 2.27. The maximum atomic E-state index is 5.60. The molecule has 0 unspecified atom stereocenters. The lowest BCUT2D eigenvalue weighted by Crippen LogP contribution is -2.12. The summed E-state index contributed by atoms with van der Waals surface area (Å²) in [5, 5.41) is 0. The standard InChI is InChI=1S/C6H11N5.C2H6/c1-3-2-4(7)10-6(11-9)5(3)8;1-2/h2H,8-9H2,1H3,(H3,7,10,11);1-2H3. The first kappa shape index (κ1) is 11.5. The van der Waals surface area contributed by atoms with Gasteiger partial charge in [0.15, 0.2) is 5.82 Å². The number of nitrogens with one attached hydrogen (secondary N) is 1. The zero-order valence-corrected chi connectivity index (χ0v) is 8.26. The molecule has 0 aromatic carbocycles. The Balaban J connectivity index is 0.000000671. The number of pyridine rings is 1. The van der Waals surface area contributed by atoms with E-state index in [9.17, 15) is 0 Å². The number of nitrogens with zero attached hydrogens (tertiary/aromatic N) is 1. The highest BCUT2D eigenvalue weighted by Gasteiger charge is 2.02. The highest BCUT2D eigenvalue weighted by molar-refractivity contribution is 5.67. The molecule has 5 nitrogen and oxygen atoms in total. The van der Waals surface area contributed by atoms with Gasteiger partial charge in [-0.1, -0.05) is 13.8 Å². The maximum Gasteiger partial charge on any atom is 0.165 e. The van der Waals surface area contributed by atoms with E-state index in [1.54, 1.807) is 6.07 Å². The Bertz CT molecular complexity index is 271. The Kier molecular flexibility index (Phi) is 4.61. The van der Waals surface area contributed by atoms with Gasteiger partial charge in [0.2, 0.25) is 0 Å². The molecule has 1 aromatic heterocycles. The highest BCUT2D eigenvalue weighted by atomic mass is 15.3. The van der Waals surface area contributed by atoms with Gasteiger partial charge in [-0.2, -0.15) is 0 Å². The van der Waals surface area contributed by atoms with Crippen molar-refractivity contribution < 1.29 is 0 Å². The topological polar surface area (TPSA) is 103 Å². The van der Waals surface area contributed by atoms with Gasteiger partial charge >= 0.3 is 0 Å². The molecular formula is C8H17N5. The molecule has 0 atom stereocenters. The van der Waals surface area contributed by atoms with Gasteiger partial charge in [0.25, 0.3) is 0 Å². The number of anilines is 3. The molecule has 0 amide bonds. The van der Waals surface area contributed by atoms with Gasteiger partial charge in [0.05, 0.1) is 5.69 Å². The van der Waals surface area contributed by atoms with Crippen molar-refractivity contribution in [3.8, 4) is 0 Å². The molecule has 1 rings (SSSR count). The minimum absolute atomic E-state index is 0.407. The lowest BCUT2D eigenvalue weighted by molar-refractivity contribution is 1.22. The van der Waals surface area contributed by atoms with Gasteiger partial charge < -0.3 is 16.9 Å². The van der Waals surface area contributed by atoms with Crippen molar-refractivity contribution >= 4 is 17.3 Å². The average molecular weight is 183 g/mol. The van der Waals surface area contributed by atoms with Gasteiger partial charge in [0, 0.05) is 0 Å². The molecule has 74 valence electrons. The van der Waals surface area contributed by atoms with Crippen LogP contribution in [0.25, 0.3) is 0 Å². The number of hydrogen-bond donors (Lipinski definition) is 4. The zero-order chi connectivity index (χ0) is 10.4. The third-order valence-electron chi connectivity index (χ3n) is 1.42. The van der Waals surface area contributed by atoms with E-state index < -0.39 is 0 Å². The predicted molar refractivity (Wildman–Crippen MR) is 57.0 cm³/mol. The minimum atomic E-state index is 0.407. The first-order valence-electron chi connectivity index (χ1n) is 4.14.